The van der Waals surface area contributed by atoms with E-state index in [1.807, 2.05) is 47.4 Å². The fourth-order valence-electron chi connectivity index (χ4n) is 4.00. The van der Waals surface area contributed by atoms with Gasteiger partial charge in [-0.3, -0.25) is 4.79 Å². The van der Waals surface area contributed by atoms with Crippen molar-refractivity contribution in [2.45, 2.75) is 19.3 Å². The highest BCUT2D eigenvalue weighted by molar-refractivity contribution is 5.95. The Balaban J connectivity index is 1.39. The second-order valence-corrected chi connectivity index (χ2v) is 7.49. The van der Waals surface area contributed by atoms with Crippen molar-refractivity contribution in [1.82, 2.24) is 4.90 Å². The number of aromatic carboxylic acids is 1. The average Bonchev–Trinajstić information content (AvgIpc) is 3.29. The molecular formula is C24H23NO4. The Kier molecular flexibility index (Phi) is 5.47. The number of benzene rings is 2. The highest BCUT2D eigenvalue weighted by Gasteiger charge is 2.25. The summed E-state index contributed by atoms with van der Waals surface area (Å²) in [7, 11) is 0. The van der Waals surface area contributed by atoms with E-state index < -0.39 is 5.97 Å². The SMILES string of the molecule is O=C(O)c1ccccc1CC1CCN(C(=O)c2cccc(-c3ccoc3)c2)CC1. The third-order valence-corrected chi connectivity index (χ3v) is 5.62. The zero-order chi connectivity index (χ0) is 20.2. The molecule has 0 bridgehead atoms. The van der Waals surface area contributed by atoms with Gasteiger partial charge in [0.15, 0.2) is 0 Å². The fourth-order valence-corrected chi connectivity index (χ4v) is 4.00. The molecule has 1 N–H and O–H groups in total. The Bertz CT molecular complexity index is 1000. The van der Waals surface area contributed by atoms with E-state index in [9.17, 15) is 14.7 Å². The van der Waals surface area contributed by atoms with Crippen molar-refractivity contribution in [2.75, 3.05) is 13.1 Å². The average molecular weight is 389 g/mol. The number of likely N-dealkylation sites (tertiary alicyclic amines) is 1. The van der Waals surface area contributed by atoms with E-state index >= 15 is 0 Å². The first-order valence-electron chi connectivity index (χ1n) is 9.85. The lowest BCUT2D eigenvalue weighted by Gasteiger charge is -2.32. The Morgan fingerprint density at radius 2 is 1.79 bits per heavy atom. The maximum atomic E-state index is 13.0. The molecular weight excluding hydrogens is 366 g/mol. The first-order chi connectivity index (χ1) is 14.1. The number of hydrogen-bond acceptors (Lipinski definition) is 3. The maximum Gasteiger partial charge on any atom is 0.335 e. The van der Waals surface area contributed by atoms with Crippen LogP contribution in [0.3, 0.4) is 0 Å². The summed E-state index contributed by atoms with van der Waals surface area (Å²) < 4.78 is 5.14. The number of rotatable bonds is 5. The van der Waals surface area contributed by atoms with Gasteiger partial charge in [0.1, 0.15) is 0 Å². The molecule has 5 nitrogen and oxygen atoms in total. The summed E-state index contributed by atoms with van der Waals surface area (Å²) in [5, 5.41) is 9.37. The zero-order valence-electron chi connectivity index (χ0n) is 16.1. The molecule has 0 atom stereocenters. The van der Waals surface area contributed by atoms with Crippen LogP contribution in [-0.2, 0) is 6.42 Å². The van der Waals surface area contributed by atoms with Gasteiger partial charge >= 0.3 is 5.97 Å². The second-order valence-electron chi connectivity index (χ2n) is 7.49. The number of carbonyl (C=O) groups is 2. The number of piperidine rings is 1. The van der Waals surface area contributed by atoms with Gasteiger partial charge in [-0.15, -0.1) is 0 Å². The van der Waals surface area contributed by atoms with Gasteiger partial charge < -0.3 is 14.4 Å². The Labute approximate surface area is 169 Å². The van der Waals surface area contributed by atoms with Crippen molar-refractivity contribution < 1.29 is 19.1 Å². The molecule has 2 aromatic carbocycles. The standard InChI is InChI=1S/C24H23NO4/c26-23(20-6-3-5-18(15-20)21-10-13-29-16-21)25-11-8-17(9-12-25)14-19-4-1-2-7-22(19)24(27)28/h1-7,10,13,15-17H,8-9,11-12,14H2,(H,27,28). The molecule has 1 fully saturated rings. The molecule has 1 amide bonds. The van der Waals surface area contributed by atoms with Crippen LogP contribution < -0.4 is 0 Å². The lowest BCUT2D eigenvalue weighted by molar-refractivity contribution is 0.0690. The van der Waals surface area contributed by atoms with Crippen molar-refractivity contribution in [3.63, 3.8) is 0 Å². The van der Waals surface area contributed by atoms with Gasteiger partial charge in [0, 0.05) is 24.2 Å². The Morgan fingerprint density at radius 1 is 1.00 bits per heavy atom. The van der Waals surface area contributed by atoms with Crippen LogP contribution in [0.1, 0.15) is 39.1 Å². The molecule has 148 valence electrons. The van der Waals surface area contributed by atoms with Crippen LogP contribution in [0, 0.1) is 5.92 Å². The van der Waals surface area contributed by atoms with Gasteiger partial charge in [-0.1, -0.05) is 30.3 Å². The number of furan rings is 1. The van der Waals surface area contributed by atoms with E-state index in [-0.39, 0.29) is 5.91 Å². The number of nitrogens with zero attached hydrogens (tertiary/aromatic N) is 1. The van der Waals surface area contributed by atoms with Crippen LogP contribution in [0.5, 0.6) is 0 Å². The van der Waals surface area contributed by atoms with Gasteiger partial charge in [-0.05, 0) is 60.6 Å². The van der Waals surface area contributed by atoms with Crippen molar-refractivity contribution in [3.8, 4) is 11.1 Å². The van der Waals surface area contributed by atoms with E-state index in [2.05, 4.69) is 0 Å². The monoisotopic (exact) mass is 389 g/mol. The quantitative estimate of drug-likeness (QED) is 0.684. The smallest absolute Gasteiger partial charge is 0.335 e. The number of carboxylic acids is 1. The molecule has 2 heterocycles. The second kappa shape index (κ2) is 8.35. The van der Waals surface area contributed by atoms with E-state index in [1.165, 1.54) is 0 Å². The molecule has 0 saturated carbocycles. The van der Waals surface area contributed by atoms with Gasteiger partial charge in [0.2, 0.25) is 0 Å². The third kappa shape index (κ3) is 4.24. The topological polar surface area (TPSA) is 70.8 Å². The molecule has 1 aliphatic heterocycles. The largest absolute Gasteiger partial charge is 0.478 e. The molecule has 0 aliphatic carbocycles. The summed E-state index contributed by atoms with van der Waals surface area (Å²) in [6.07, 6.45) is 5.78. The third-order valence-electron chi connectivity index (χ3n) is 5.62. The number of hydrogen-bond donors (Lipinski definition) is 1. The van der Waals surface area contributed by atoms with Crippen LogP contribution in [0.2, 0.25) is 0 Å². The van der Waals surface area contributed by atoms with Crippen LogP contribution in [0.25, 0.3) is 11.1 Å². The molecule has 29 heavy (non-hydrogen) atoms. The van der Waals surface area contributed by atoms with Crippen molar-refractivity contribution in [1.29, 1.82) is 0 Å². The van der Waals surface area contributed by atoms with Crippen molar-refractivity contribution >= 4 is 11.9 Å². The van der Waals surface area contributed by atoms with Gasteiger partial charge in [0.25, 0.3) is 5.91 Å². The molecule has 1 aliphatic rings. The molecule has 1 aromatic heterocycles. The number of carbonyl (C=O) groups excluding carboxylic acids is 1. The Morgan fingerprint density at radius 3 is 2.52 bits per heavy atom. The molecule has 1 saturated heterocycles. The molecule has 0 unspecified atom stereocenters. The highest BCUT2D eigenvalue weighted by Crippen LogP contribution is 2.26. The summed E-state index contributed by atoms with van der Waals surface area (Å²) in [6.45, 7) is 1.38. The Hall–Kier alpha value is -3.34. The molecule has 3 aromatic rings. The van der Waals surface area contributed by atoms with Gasteiger partial charge in [-0.25, -0.2) is 4.79 Å². The first kappa shape index (κ1) is 19.0. The summed E-state index contributed by atoms with van der Waals surface area (Å²) in [4.78, 5) is 26.3. The van der Waals surface area contributed by atoms with Crippen LogP contribution in [-0.4, -0.2) is 35.0 Å². The predicted molar refractivity (Wildman–Crippen MR) is 110 cm³/mol. The van der Waals surface area contributed by atoms with E-state index in [0.29, 0.717) is 30.1 Å². The minimum absolute atomic E-state index is 0.0414. The number of amides is 1. The molecule has 0 spiro atoms. The van der Waals surface area contributed by atoms with Gasteiger partial charge in [-0.2, -0.15) is 0 Å². The minimum atomic E-state index is -0.884. The van der Waals surface area contributed by atoms with E-state index in [1.54, 1.807) is 24.7 Å². The fraction of sp³-hybridized carbons (Fsp3) is 0.250. The summed E-state index contributed by atoms with van der Waals surface area (Å²) in [6, 6.07) is 16.7. The molecule has 4 rings (SSSR count). The van der Waals surface area contributed by atoms with Gasteiger partial charge in [0.05, 0.1) is 18.1 Å². The van der Waals surface area contributed by atoms with Crippen molar-refractivity contribution in [2.24, 2.45) is 5.92 Å². The summed E-state index contributed by atoms with van der Waals surface area (Å²) in [5.74, 6) is -0.456. The van der Waals surface area contributed by atoms with Crippen LogP contribution >= 0.6 is 0 Å². The molecule has 0 radical (unpaired) electrons. The summed E-state index contributed by atoms with van der Waals surface area (Å²) >= 11 is 0. The first-order valence-corrected chi connectivity index (χ1v) is 9.85. The number of carboxylic acid groups (broad SMARTS) is 1. The van der Waals surface area contributed by atoms with Crippen LogP contribution in [0.4, 0.5) is 0 Å². The lowest BCUT2D eigenvalue weighted by atomic mass is 9.88. The van der Waals surface area contributed by atoms with E-state index in [0.717, 1.165) is 36.0 Å². The van der Waals surface area contributed by atoms with Crippen LogP contribution in [0.15, 0.2) is 71.5 Å². The van der Waals surface area contributed by atoms with Crippen molar-refractivity contribution in [3.05, 3.63) is 83.8 Å². The summed E-state index contributed by atoms with van der Waals surface area (Å²) in [5.41, 5.74) is 3.85. The highest BCUT2D eigenvalue weighted by atomic mass is 16.4. The lowest BCUT2D eigenvalue weighted by Crippen LogP contribution is -2.39. The molecule has 5 heteroatoms. The maximum absolute atomic E-state index is 13.0. The minimum Gasteiger partial charge on any atom is -0.478 e. The van der Waals surface area contributed by atoms with E-state index in [4.69, 9.17) is 4.42 Å². The zero-order valence-corrected chi connectivity index (χ0v) is 16.1. The predicted octanol–water partition coefficient (Wildman–Crippen LogP) is 4.74. The normalized spacial score (nSPS) is 14.7.